The fraction of sp³-hybridized carbons (Fsp3) is 0.316. The molecule has 1 amide bonds. The van der Waals surface area contributed by atoms with Crippen molar-refractivity contribution >= 4 is 23.2 Å². The van der Waals surface area contributed by atoms with Gasteiger partial charge in [-0.1, -0.05) is 23.7 Å². The molecule has 2 N–H and O–H groups in total. The number of benzene rings is 2. The van der Waals surface area contributed by atoms with E-state index in [1.807, 2.05) is 57.3 Å². The summed E-state index contributed by atoms with van der Waals surface area (Å²) in [5, 5.41) is 3.63. The van der Waals surface area contributed by atoms with Gasteiger partial charge in [-0.25, -0.2) is 0 Å². The number of nitrogens with one attached hydrogen (secondary N) is 2. The monoisotopic (exact) mass is 347 g/mol. The number of hydrogen-bond donors (Lipinski definition) is 2. The van der Waals surface area contributed by atoms with Crippen LogP contribution >= 0.6 is 11.6 Å². The van der Waals surface area contributed by atoms with E-state index in [-0.39, 0.29) is 11.9 Å². The summed E-state index contributed by atoms with van der Waals surface area (Å²) in [6.07, 6.45) is 0. The summed E-state index contributed by atoms with van der Waals surface area (Å²) in [7, 11) is 3.62. The number of aryl methyl sites for hydroxylation is 1. The summed E-state index contributed by atoms with van der Waals surface area (Å²) in [5.74, 6) is 0.768. The average molecular weight is 348 g/mol. The number of carbonyl (C=O) groups excluding carboxylic acids is 1. The molecule has 1 unspecified atom stereocenters. The van der Waals surface area contributed by atoms with E-state index in [1.54, 1.807) is 13.2 Å². The lowest BCUT2D eigenvalue weighted by atomic mass is 10.1. The Labute approximate surface area is 148 Å². The molecular weight excluding hydrogens is 324 g/mol. The fourth-order valence-electron chi connectivity index (χ4n) is 2.54. The molecule has 0 fully saturated rings. The van der Waals surface area contributed by atoms with Crippen LogP contribution in [0.3, 0.4) is 0 Å². The number of hydrogen-bond acceptors (Lipinski definition) is 2. The fourth-order valence-corrected chi connectivity index (χ4v) is 2.73. The van der Waals surface area contributed by atoms with Crippen LogP contribution in [0.2, 0.25) is 5.02 Å². The van der Waals surface area contributed by atoms with E-state index in [9.17, 15) is 4.79 Å². The number of ether oxygens (including phenoxy) is 1. The first kappa shape index (κ1) is 18.3. The molecule has 0 saturated heterocycles. The zero-order valence-electron chi connectivity index (χ0n) is 14.5. The minimum Gasteiger partial charge on any atom is -0.496 e. The van der Waals surface area contributed by atoms with Crippen molar-refractivity contribution in [2.24, 2.45) is 0 Å². The van der Waals surface area contributed by atoms with E-state index < -0.39 is 0 Å². The smallest absolute Gasteiger partial charge is 0.282 e. The van der Waals surface area contributed by atoms with Crippen molar-refractivity contribution in [3.05, 3.63) is 58.6 Å². The Hall–Kier alpha value is -2.04. The minimum absolute atomic E-state index is 0.0147. The maximum Gasteiger partial charge on any atom is 0.282 e. The Morgan fingerprint density at radius 1 is 1.29 bits per heavy atom. The van der Waals surface area contributed by atoms with Gasteiger partial charge in [0.15, 0.2) is 6.04 Å². The van der Waals surface area contributed by atoms with Gasteiger partial charge in [0.25, 0.3) is 5.91 Å². The van der Waals surface area contributed by atoms with Gasteiger partial charge in [-0.15, -0.1) is 0 Å². The summed E-state index contributed by atoms with van der Waals surface area (Å²) in [6.45, 7) is 4.56. The van der Waals surface area contributed by atoms with Crippen LogP contribution in [0.15, 0.2) is 42.5 Å². The molecule has 0 aliphatic rings. The molecule has 128 valence electrons. The van der Waals surface area contributed by atoms with Gasteiger partial charge in [-0.2, -0.15) is 0 Å². The van der Waals surface area contributed by atoms with Gasteiger partial charge in [0.05, 0.1) is 14.2 Å². The van der Waals surface area contributed by atoms with E-state index in [2.05, 4.69) is 5.32 Å². The first-order valence-electron chi connectivity index (χ1n) is 7.93. The first-order valence-corrected chi connectivity index (χ1v) is 8.30. The molecule has 24 heavy (non-hydrogen) atoms. The second-order valence-corrected chi connectivity index (χ2v) is 6.50. The summed E-state index contributed by atoms with van der Waals surface area (Å²) in [6, 6.07) is 13.1. The number of anilines is 1. The third-order valence-corrected chi connectivity index (χ3v) is 4.36. The van der Waals surface area contributed by atoms with E-state index in [4.69, 9.17) is 16.3 Å². The van der Waals surface area contributed by atoms with Crippen LogP contribution in [0.5, 0.6) is 5.75 Å². The molecule has 5 heteroatoms. The number of carbonyl (C=O) groups is 1. The highest BCUT2D eigenvalue weighted by atomic mass is 35.5. The molecule has 0 aliphatic heterocycles. The summed E-state index contributed by atoms with van der Waals surface area (Å²) in [4.78, 5) is 13.5. The largest absolute Gasteiger partial charge is 0.496 e. The van der Waals surface area contributed by atoms with Gasteiger partial charge in [-0.05, 0) is 49.7 Å². The quantitative estimate of drug-likeness (QED) is 0.843. The van der Waals surface area contributed by atoms with Crippen LogP contribution in [0, 0.1) is 6.92 Å². The Balaban J connectivity index is 2.05. The number of likely N-dealkylation sites (N-methyl/N-ethyl adjacent to an activating group) is 1. The molecule has 0 saturated carbocycles. The van der Waals surface area contributed by atoms with Crippen LogP contribution < -0.4 is 15.0 Å². The zero-order chi connectivity index (χ0) is 17.7. The van der Waals surface area contributed by atoms with Crippen molar-refractivity contribution in [1.29, 1.82) is 0 Å². The van der Waals surface area contributed by atoms with Crippen molar-refractivity contribution in [1.82, 2.24) is 0 Å². The predicted octanol–water partition coefficient (Wildman–Crippen LogP) is 2.70. The van der Waals surface area contributed by atoms with Crippen molar-refractivity contribution < 1.29 is 14.4 Å². The number of quaternary nitrogens is 1. The van der Waals surface area contributed by atoms with Crippen LogP contribution in [0.1, 0.15) is 18.1 Å². The standard InChI is InChI=1S/C19H23ClN2O2/c1-13-6-5-7-17(10-13)21-19(23)14(2)22(3)12-15-11-16(20)8-9-18(15)24-4/h5-11,14H,12H2,1-4H3,(H,21,23)/p+1/t14-/m0/s1. The van der Waals surface area contributed by atoms with Crippen LogP contribution in [0.25, 0.3) is 0 Å². The van der Waals surface area contributed by atoms with Gasteiger partial charge < -0.3 is 15.0 Å². The Morgan fingerprint density at radius 3 is 2.71 bits per heavy atom. The zero-order valence-corrected chi connectivity index (χ0v) is 15.3. The molecule has 4 nitrogen and oxygen atoms in total. The molecule has 0 spiro atoms. The molecule has 2 aromatic rings. The maximum atomic E-state index is 12.5. The third-order valence-electron chi connectivity index (χ3n) is 4.13. The van der Waals surface area contributed by atoms with E-state index >= 15 is 0 Å². The lowest BCUT2D eigenvalue weighted by molar-refractivity contribution is -0.907. The molecule has 2 rings (SSSR count). The lowest BCUT2D eigenvalue weighted by Gasteiger charge is -2.22. The molecule has 0 bridgehead atoms. The van der Waals surface area contributed by atoms with Crippen molar-refractivity contribution in [3.8, 4) is 5.75 Å². The molecule has 0 aromatic heterocycles. The number of amides is 1. The molecule has 0 aliphatic carbocycles. The number of methoxy groups -OCH3 is 1. The van der Waals surface area contributed by atoms with E-state index in [0.717, 1.165) is 27.5 Å². The highest BCUT2D eigenvalue weighted by molar-refractivity contribution is 6.30. The summed E-state index contributed by atoms with van der Waals surface area (Å²) in [5.41, 5.74) is 2.92. The SMILES string of the molecule is COc1ccc(Cl)cc1C[NH+](C)[C@@H](C)C(=O)Nc1cccc(C)c1. The first-order chi connectivity index (χ1) is 11.4. The summed E-state index contributed by atoms with van der Waals surface area (Å²) < 4.78 is 5.38. The summed E-state index contributed by atoms with van der Waals surface area (Å²) >= 11 is 6.08. The van der Waals surface area contributed by atoms with Crippen molar-refractivity contribution in [2.45, 2.75) is 26.4 Å². The second kappa shape index (κ2) is 8.18. The highest BCUT2D eigenvalue weighted by Crippen LogP contribution is 2.21. The maximum absolute atomic E-state index is 12.5. The Bertz CT molecular complexity index is 718. The molecular formula is C19H24ClN2O2+. The van der Waals surface area contributed by atoms with Crippen molar-refractivity contribution in [3.63, 3.8) is 0 Å². The highest BCUT2D eigenvalue weighted by Gasteiger charge is 2.23. The lowest BCUT2D eigenvalue weighted by Crippen LogP contribution is -3.12. The number of rotatable bonds is 6. The molecule has 0 heterocycles. The van der Waals surface area contributed by atoms with E-state index in [1.165, 1.54) is 0 Å². The van der Waals surface area contributed by atoms with Gasteiger partial charge in [-0.3, -0.25) is 4.79 Å². The minimum atomic E-state index is -0.214. The number of halogens is 1. The van der Waals surface area contributed by atoms with Gasteiger partial charge in [0, 0.05) is 16.3 Å². The van der Waals surface area contributed by atoms with Crippen LogP contribution in [-0.2, 0) is 11.3 Å². The van der Waals surface area contributed by atoms with Gasteiger partial charge >= 0.3 is 0 Å². The molecule has 2 atom stereocenters. The molecule has 2 aromatic carbocycles. The second-order valence-electron chi connectivity index (χ2n) is 6.06. The van der Waals surface area contributed by atoms with Gasteiger partial charge in [0.2, 0.25) is 0 Å². The van der Waals surface area contributed by atoms with E-state index in [0.29, 0.717) is 11.6 Å². The van der Waals surface area contributed by atoms with Gasteiger partial charge in [0.1, 0.15) is 12.3 Å². The van der Waals surface area contributed by atoms with Crippen LogP contribution in [0.4, 0.5) is 5.69 Å². The average Bonchev–Trinajstić information content (AvgIpc) is 2.54. The van der Waals surface area contributed by atoms with Crippen LogP contribution in [-0.4, -0.2) is 26.1 Å². The molecule has 0 radical (unpaired) electrons. The topological polar surface area (TPSA) is 42.8 Å². The predicted molar refractivity (Wildman–Crippen MR) is 97.9 cm³/mol. The van der Waals surface area contributed by atoms with Crippen molar-refractivity contribution in [2.75, 3.05) is 19.5 Å². The third kappa shape index (κ3) is 4.73. The Kier molecular flexibility index (Phi) is 6.23. The Morgan fingerprint density at radius 2 is 2.04 bits per heavy atom. The normalized spacial score (nSPS) is 13.2.